The van der Waals surface area contributed by atoms with Crippen LogP contribution >= 0.6 is 0 Å². The molecular weight excluding hydrogens is 400 g/mol. The van der Waals surface area contributed by atoms with E-state index in [0.717, 1.165) is 25.7 Å². The molecule has 0 rings (SSSR count). The van der Waals surface area contributed by atoms with Gasteiger partial charge in [-0.2, -0.15) is 0 Å². The van der Waals surface area contributed by atoms with Crippen LogP contribution < -0.4 is 0 Å². The summed E-state index contributed by atoms with van der Waals surface area (Å²) in [5.74, 6) is 0. The molecule has 0 fully saturated rings. The topological polar surface area (TPSA) is 34.1 Å². The second kappa shape index (κ2) is 24.1. The highest BCUT2D eigenvalue weighted by Crippen LogP contribution is 2.13. The predicted molar refractivity (Wildman–Crippen MR) is 140 cm³/mol. The number of sulfone groups is 1. The third-order valence-electron chi connectivity index (χ3n) is 6.02. The SMILES string of the molecule is CCCCCCCCCCCCC=CS(=O)(=O)C=CCCCCCCCCCCCC. The molecule has 184 valence electrons. The summed E-state index contributed by atoms with van der Waals surface area (Å²) in [5, 5.41) is 2.80. The van der Waals surface area contributed by atoms with Crippen LogP contribution in [0, 0.1) is 0 Å². The van der Waals surface area contributed by atoms with Crippen LogP contribution in [0.15, 0.2) is 23.0 Å². The van der Waals surface area contributed by atoms with E-state index >= 15 is 0 Å². The van der Waals surface area contributed by atoms with Crippen LogP contribution in [-0.2, 0) is 9.84 Å². The van der Waals surface area contributed by atoms with Gasteiger partial charge in [0.25, 0.3) is 0 Å². The Bertz CT molecular complexity index is 465. The Morgan fingerprint density at radius 2 is 0.677 bits per heavy atom. The van der Waals surface area contributed by atoms with Crippen molar-refractivity contribution in [2.24, 2.45) is 0 Å². The predicted octanol–water partition coefficient (Wildman–Crippen LogP) is 10.1. The molecule has 0 bridgehead atoms. The van der Waals surface area contributed by atoms with E-state index in [9.17, 15) is 8.42 Å². The fourth-order valence-corrected chi connectivity index (χ4v) is 4.85. The van der Waals surface area contributed by atoms with Crippen molar-refractivity contribution < 1.29 is 8.42 Å². The number of hydrogen-bond acceptors (Lipinski definition) is 2. The van der Waals surface area contributed by atoms with Gasteiger partial charge in [-0.25, -0.2) is 8.42 Å². The molecule has 0 aliphatic rings. The second-order valence-corrected chi connectivity index (χ2v) is 11.0. The normalized spacial score (nSPS) is 12.5. The molecule has 2 nitrogen and oxygen atoms in total. The number of unbranched alkanes of at least 4 members (excludes halogenated alkanes) is 20. The van der Waals surface area contributed by atoms with Gasteiger partial charge >= 0.3 is 0 Å². The minimum Gasteiger partial charge on any atom is -0.220 e. The summed E-state index contributed by atoms with van der Waals surface area (Å²) < 4.78 is 24.0. The van der Waals surface area contributed by atoms with Gasteiger partial charge in [0.05, 0.1) is 0 Å². The molecule has 0 atom stereocenters. The molecule has 0 aliphatic heterocycles. The second-order valence-electron chi connectivity index (χ2n) is 9.27. The first-order chi connectivity index (χ1) is 15.1. The van der Waals surface area contributed by atoms with Crippen molar-refractivity contribution in [3.8, 4) is 0 Å². The van der Waals surface area contributed by atoms with Crippen molar-refractivity contribution in [1.82, 2.24) is 0 Å². The van der Waals surface area contributed by atoms with Gasteiger partial charge in [-0.15, -0.1) is 0 Å². The summed E-state index contributed by atoms with van der Waals surface area (Å²) in [6.45, 7) is 4.52. The summed E-state index contributed by atoms with van der Waals surface area (Å²) >= 11 is 0. The highest BCUT2D eigenvalue weighted by atomic mass is 32.2. The zero-order valence-corrected chi connectivity index (χ0v) is 21.9. The summed E-state index contributed by atoms with van der Waals surface area (Å²) in [6, 6.07) is 0. The molecule has 0 aromatic heterocycles. The molecular formula is C28H54O2S. The monoisotopic (exact) mass is 454 g/mol. The Morgan fingerprint density at radius 3 is 0.968 bits per heavy atom. The van der Waals surface area contributed by atoms with Crippen LogP contribution in [0.2, 0.25) is 0 Å². The minimum atomic E-state index is -3.17. The largest absolute Gasteiger partial charge is 0.220 e. The molecule has 0 aromatic rings. The van der Waals surface area contributed by atoms with E-state index in [1.165, 1.54) is 126 Å². The van der Waals surface area contributed by atoms with Gasteiger partial charge in [0.15, 0.2) is 9.84 Å². The van der Waals surface area contributed by atoms with Gasteiger partial charge in [0, 0.05) is 10.8 Å². The van der Waals surface area contributed by atoms with Crippen LogP contribution in [-0.4, -0.2) is 8.42 Å². The fourth-order valence-electron chi connectivity index (χ4n) is 3.95. The summed E-state index contributed by atoms with van der Waals surface area (Å²) in [7, 11) is -3.17. The third-order valence-corrected chi connectivity index (χ3v) is 7.16. The van der Waals surface area contributed by atoms with Crippen molar-refractivity contribution in [1.29, 1.82) is 0 Å². The van der Waals surface area contributed by atoms with Gasteiger partial charge in [-0.05, 0) is 25.7 Å². The van der Waals surface area contributed by atoms with Gasteiger partial charge in [0.1, 0.15) is 0 Å². The molecule has 0 spiro atoms. The molecule has 3 heteroatoms. The Kier molecular flexibility index (Phi) is 23.6. The van der Waals surface area contributed by atoms with Crippen LogP contribution in [0.3, 0.4) is 0 Å². The minimum absolute atomic E-state index is 0.877. The van der Waals surface area contributed by atoms with Crippen LogP contribution in [0.1, 0.15) is 155 Å². The van der Waals surface area contributed by atoms with Crippen molar-refractivity contribution in [2.75, 3.05) is 0 Å². The van der Waals surface area contributed by atoms with E-state index in [1.54, 1.807) is 0 Å². The van der Waals surface area contributed by atoms with Gasteiger partial charge in [-0.3, -0.25) is 0 Å². The molecule has 31 heavy (non-hydrogen) atoms. The molecule has 0 saturated carbocycles. The molecule has 0 N–H and O–H groups in total. The van der Waals surface area contributed by atoms with Gasteiger partial charge in [-0.1, -0.05) is 142 Å². The lowest BCUT2D eigenvalue weighted by Gasteiger charge is -2.01. The summed E-state index contributed by atoms with van der Waals surface area (Å²) in [4.78, 5) is 0. The maximum Gasteiger partial charge on any atom is 0.192 e. The smallest absolute Gasteiger partial charge is 0.192 e. The first-order valence-corrected chi connectivity index (χ1v) is 15.3. The molecule has 0 aliphatic carbocycles. The first kappa shape index (κ1) is 30.4. The standard InChI is InChI=1S/C28H54O2S/c1-3-5-7-9-11-13-15-17-19-21-23-25-27-31(29,30)28-26-24-22-20-18-16-14-12-10-8-6-4-2/h25-28H,3-24H2,1-2H3. The average molecular weight is 455 g/mol. The first-order valence-electron chi connectivity index (χ1n) is 13.7. The van der Waals surface area contributed by atoms with Crippen LogP contribution in [0.25, 0.3) is 0 Å². The van der Waals surface area contributed by atoms with Gasteiger partial charge < -0.3 is 0 Å². The van der Waals surface area contributed by atoms with E-state index < -0.39 is 9.84 Å². The Labute approximate surface area is 196 Å². The van der Waals surface area contributed by atoms with Crippen LogP contribution in [0.4, 0.5) is 0 Å². The highest BCUT2D eigenvalue weighted by molar-refractivity contribution is 7.97. The molecule has 0 heterocycles. The van der Waals surface area contributed by atoms with Gasteiger partial charge in [0.2, 0.25) is 0 Å². The van der Waals surface area contributed by atoms with E-state index in [-0.39, 0.29) is 0 Å². The molecule has 0 amide bonds. The number of allylic oxidation sites excluding steroid dienone is 2. The number of rotatable bonds is 24. The van der Waals surface area contributed by atoms with E-state index in [0.29, 0.717) is 0 Å². The Morgan fingerprint density at radius 1 is 0.419 bits per heavy atom. The highest BCUT2D eigenvalue weighted by Gasteiger charge is 1.99. The summed E-state index contributed by atoms with van der Waals surface area (Å²) in [5.41, 5.74) is 0. The lowest BCUT2D eigenvalue weighted by molar-refractivity contribution is 0.557. The third kappa shape index (κ3) is 25.6. The van der Waals surface area contributed by atoms with Crippen molar-refractivity contribution in [2.45, 2.75) is 155 Å². The maximum absolute atomic E-state index is 12.0. The zero-order chi connectivity index (χ0) is 22.9. The van der Waals surface area contributed by atoms with Crippen molar-refractivity contribution in [3.05, 3.63) is 23.0 Å². The molecule has 0 saturated heterocycles. The summed E-state index contributed by atoms with van der Waals surface area (Å²) in [6.07, 6.45) is 31.7. The van der Waals surface area contributed by atoms with Crippen molar-refractivity contribution in [3.63, 3.8) is 0 Å². The molecule has 0 unspecified atom stereocenters. The lowest BCUT2D eigenvalue weighted by Crippen LogP contribution is -1.88. The van der Waals surface area contributed by atoms with Crippen LogP contribution in [0.5, 0.6) is 0 Å². The van der Waals surface area contributed by atoms with E-state index in [2.05, 4.69) is 13.8 Å². The van der Waals surface area contributed by atoms with E-state index in [1.807, 2.05) is 12.2 Å². The Hall–Kier alpha value is -0.570. The fraction of sp³-hybridized carbons (Fsp3) is 0.857. The lowest BCUT2D eigenvalue weighted by atomic mass is 10.1. The molecule has 0 aromatic carbocycles. The number of hydrogen-bond donors (Lipinski definition) is 0. The molecule has 0 radical (unpaired) electrons. The van der Waals surface area contributed by atoms with E-state index in [4.69, 9.17) is 0 Å². The average Bonchev–Trinajstić information content (AvgIpc) is 2.75. The Balaban J connectivity index is 3.51. The maximum atomic E-state index is 12.0. The zero-order valence-electron chi connectivity index (χ0n) is 21.1. The quantitative estimate of drug-likeness (QED) is 0.136. The van der Waals surface area contributed by atoms with Crippen molar-refractivity contribution >= 4 is 9.84 Å².